The fourth-order valence-corrected chi connectivity index (χ4v) is 1.38. The van der Waals surface area contributed by atoms with E-state index >= 15 is 0 Å². The molecule has 1 N–H and O–H groups in total. The largest absolute Gasteiger partial charge is 0.358 e. The number of thioether (sulfide) groups is 1. The molecule has 1 amide bonds. The fraction of sp³-hybridized carbons (Fsp3) is 0.250. The first kappa shape index (κ1) is 10.5. The highest BCUT2D eigenvalue weighted by atomic mass is 32.2. The number of nitrogens with one attached hydrogen (secondary N) is 1. The van der Waals surface area contributed by atoms with E-state index < -0.39 is 0 Å². The van der Waals surface area contributed by atoms with Gasteiger partial charge in [0.25, 0.3) is 0 Å². The van der Waals surface area contributed by atoms with E-state index in [0.29, 0.717) is 10.9 Å². The van der Waals surface area contributed by atoms with Crippen LogP contribution in [0.2, 0.25) is 0 Å². The summed E-state index contributed by atoms with van der Waals surface area (Å²) >= 11 is 1.20. The first-order valence-corrected chi connectivity index (χ1v) is 4.81. The zero-order chi connectivity index (χ0) is 10.4. The summed E-state index contributed by atoms with van der Waals surface area (Å²) in [6, 6.07) is 3.42. The Morgan fingerprint density at radius 2 is 2.57 bits per heavy atom. The van der Waals surface area contributed by atoms with Crippen LogP contribution in [0, 0.1) is 11.3 Å². The van der Waals surface area contributed by atoms with Crippen molar-refractivity contribution in [2.24, 2.45) is 0 Å². The van der Waals surface area contributed by atoms with Crippen LogP contribution in [0.4, 0.5) is 0 Å². The Labute approximate surface area is 85.6 Å². The maximum absolute atomic E-state index is 10.9. The van der Waals surface area contributed by atoms with Crippen LogP contribution in [0.1, 0.15) is 5.69 Å². The molecular formula is C8H8N4OS. The maximum atomic E-state index is 10.9. The predicted octanol–water partition coefficient (Wildman–Crippen LogP) is 0.186. The van der Waals surface area contributed by atoms with Gasteiger partial charge in [-0.05, 0) is 6.07 Å². The van der Waals surface area contributed by atoms with Crippen LogP contribution in [0.5, 0.6) is 0 Å². The van der Waals surface area contributed by atoms with E-state index in [1.807, 2.05) is 6.07 Å². The summed E-state index contributed by atoms with van der Waals surface area (Å²) in [5, 5.41) is 11.5. The van der Waals surface area contributed by atoms with Gasteiger partial charge in [0, 0.05) is 13.2 Å². The molecular weight excluding hydrogens is 200 g/mol. The number of hydrogen-bond donors (Lipinski definition) is 1. The number of hydrogen-bond acceptors (Lipinski definition) is 5. The van der Waals surface area contributed by atoms with Gasteiger partial charge in [-0.25, -0.2) is 9.97 Å². The number of nitrogens with zero attached hydrogens (tertiary/aromatic N) is 3. The normalized spacial score (nSPS) is 9.14. The molecule has 1 aromatic rings. The van der Waals surface area contributed by atoms with Crippen molar-refractivity contribution < 1.29 is 4.79 Å². The van der Waals surface area contributed by atoms with E-state index in [2.05, 4.69) is 15.3 Å². The summed E-state index contributed by atoms with van der Waals surface area (Å²) in [6.45, 7) is 0. The molecule has 0 aliphatic rings. The van der Waals surface area contributed by atoms with Crippen LogP contribution >= 0.6 is 11.8 Å². The van der Waals surface area contributed by atoms with Gasteiger partial charge >= 0.3 is 0 Å². The number of amides is 1. The van der Waals surface area contributed by atoms with Crippen molar-refractivity contribution in [3.63, 3.8) is 0 Å². The third-order valence-electron chi connectivity index (χ3n) is 1.36. The Morgan fingerprint density at radius 3 is 3.21 bits per heavy atom. The average Bonchev–Trinajstić information content (AvgIpc) is 2.26. The molecule has 0 atom stereocenters. The SMILES string of the molecule is CNC(=O)CSc1nccc(C#N)n1. The van der Waals surface area contributed by atoms with E-state index in [9.17, 15) is 4.79 Å². The van der Waals surface area contributed by atoms with Crippen LogP contribution in [0.3, 0.4) is 0 Å². The molecule has 1 heterocycles. The molecule has 0 saturated heterocycles. The van der Waals surface area contributed by atoms with Gasteiger partial charge in [0.15, 0.2) is 5.16 Å². The van der Waals surface area contributed by atoms with Crippen molar-refractivity contribution in [2.75, 3.05) is 12.8 Å². The van der Waals surface area contributed by atoms with Gasteiger partial charge in [-0.15, -0.1) is 0 Å². The Hall–Kier alpha value is -1.61. The second-order valence-corrected chi connectivity index (χ2v) is 3.24. The van der Waals surface area contributed by atoms with Crippen molar-refractivity contribution in [3.05, 3.63) is 18.0 Å². The highest BCUT2D eigenvalue weighted by Crippen LogP contribution is 2.11. The number of carbonyl (C=O) groups is 1. The first-order chi connectivity index (χ1) is 6.76. The van der Waals surface area contributed by atoms with Crippen molar-refractivity contribution in [3.8, 4) is 6.07 Å². The summed E-state index contributed by atoms with van der Waals surface area (Å²) in [4.78, 5) is 18.7. The lowest BCUT2D eigenvalue weighted by Gasteiger charge is -1.98. The van der Waals surface area contributed by atoms with Gasteiger partial charge in [-0.2, -0.15) is 5.26 Å². The van der Waals surface area contributed by atoms with Gasteiger partial charge < -0.3 is 5.32 Å². The number of rotatable bonds is 3. The van der Waals surface area contributed by atoms with Gasteiger partial charge in [-0.3, -0.25) is 4.79 Å². The van der Waals surface area contributed by atoms with Crippen molar-refractivity contribution in [1.82, 2.24) is 15.3 Å². The lowest BCUT2D eigenvalue weighted by atomic mass is 10.5. The second-order valence-electron chi connectivity index (χ2n) is 2.30. The maximum Gasteiger partial charge on any atom is 0.230 e. The lowest BCUT2D eigenvalue weighted by Crippen LogP contribution is -2.19. The summed E-state index contributed by atoms with van der Waals surface area (Å²) in [5.41, 5.74) is 0.305. The Kier molecular flexibility index (Phi) is 3.88. The quantitative estimate of drug-likeness (QED) is 0.566. The lowest BCUT2D eigenvalue weighted by molar-refractivity contribution is -0.118. The summed E-state index contributed by atoms with van der Waals surface area (Å²) < 4.78 is 0. The fourth-order valence-electron chi connectivity index (χ4n) is 0.675. The Morgan fingerprint density at radius 1 is 1.79 bits per heavy atom. The molecule has 0 saturated carbocycles. The molecule has 1 rings (SSSR count). The molecule has 0 bridgehead atoms. The highest BCUT2D eigenvalue weighted by Gasteiger charge is 2.03. The minimum absolute atomic E-state index is 0.0963. The molecule has 6 heteroatoms. The topological polar surface area (TPSA) is 78.7 Å². The minimum atomic E-state index is -0.0963. The first-order valence-electron chi connectivity index (χ1n) is 3.83. The Bertz CT molecular complexity index is 374. The van der Waals surface area contributed by atoms with E-state index in [0.717, 1.165) is 0 Å². The summed E-state index contributed by atoms with van der Waals surface area (Å²) in [7, 11) is 1.56. The van der Waals surface area contributed by atoms with Gasteiger partial charge in [0.05, 0.1) is 5.75 Å². The van der Waals surface area contributed by atoms with E-state index in [1.54, 1.807) is 7.05 Å². The van der Waals surface area contributed by atoms with Crippen LogP contribution in [0.25, 0.3) is 0 Å². The second kappa shape index (κ2) is 5.19. The number of aromatic nitrogens is 2. The number of carbonyl (C=O) groups excluding carboxylic acids is 1. The zero-order valence-electron chi connectivity index (χ0n) is 7.52. The van der Waals surface area contributed by atoms with Crippen LogP contribution in [0.15, 0.2) is 17.4 Å². The smallest absolute Gasteiger partial charge is 0.230 e. The Balaban J connectivity index is 2.60. The molecule has 0 fully saturated rings. The standard InChI is InChI=1S/C8H8N4OS/c1-10-7(13)5-14-8-11-3-2-6(4-9)12-8/h2-3H,5H2,1H3,(H,10,13). The molecule has 1 aromatic heterocycles. The monoisotopic (exact) mass is 208 g/mol. The molecule has 0 radical (unpaired) electrons. The third-order valence-corrected chi connectivity index (χ3v) is 2.22. The molecule has 14 heavy (non-hydrogen) atoms. The van der Waals surface area contributed by atoms with Crippen LogP contribution in [-0.2, 0) is 4.79 Å². The molecule has 0 aromatic carbocycles. The zero-order valence-corrected chi connectivity index (χ0v) is 8.34. The molecule has 0 unspecified atom stereocenters. The third kappa shape index (κ3) is 3.03. The van der Waals surface area contributed by atoms with Crippen LogP contribution in [-0.4, -0.2) is 28.7 Å². The van der Waals surface area contributed by atoms with Crippen LogP contribution < -0.4 is 5.32 Å². The van der Waals surface area contributed by atoms with E-state index in [-0.39, 0.29) is 11.7 Å². The van der Waals surface area contributed by atoms with E-state index in [1.165, 1.54) is 24.0 Å². The van der Waals surface area contributed by atoms with Crippen molar-refractivity contribution >= 4 is 17.7 Å². The van der Waals surface area contributed by atoms with Gasteiger partial charge in [0.1, 0.15) is 11.8 Å². The summed E-state index contributed by atoms with van der Waals surface area (Å²) in [6.07, 6.45) is 1.50. The minimum Gasteiger partial charge on any atom is -0.358 e. The van der Waals surface area contributed by atoms with E-state index in [4.69, 9.17) is 5.26 Å². The van der Waals surface area contributed by atoms with Crippen molar-refractivity contribution in [2.45, 2.75) is 5.16 Å². The molecule has 5 nitrogen and oxygen atoms in total. The van der Waals surface area contributed by atoms with Gasteiger partial charge in [0.2, 0.25) is 5.91 Å². The van der Waals surface area contributed by atoms with Crippen molar-refractivity contribution in [1.29, 1.82) is 5.26 Å². The highest BCUT2D eigenvalue weighted by molar-refractivity contribution is 7.99. The molecule has 0 aliphatic heterocycles. The predicted molar refractivity (Wildman–Crippen MR) is 51.5 cm³/mol. The molecule has 0 spiro atoms. The summed E-state index contributed by atoms with van der Waals surface area (Å²) in [5.74, 6) is 0.159. The molecule has 72 valence electrons. The molecule has 0 aliphatic carbocycles. The number of nitriles is 1. The average molecular weight is 208 g/mol. The van der Waals surface area contributed by atoms with Gasteiger partial charge in [-0.1, -0.05) is 11.8 Å².